The number of hydrogen-bond donors (Lipinski definition) is 3. The van der Waals surface area contributed by atoms with Gasteiger partial charge in [0.2, 0.25) is 0 Å². The van der Waals surface area contributed by atoms with Crippen LogP contribution in [0.1, 0.15) is 20.8 Å². The van der Waals surface area contributed by atoms with Crippen LogP contribution in [0.15, 0.2) is 51.7 Å². The Morgan fingerprint density at radius 2 is 1.88 bits per heavy atom. The first-order valence-electron chi connectivity index (χ1n) is 7.11. The van der Waals surface area contributed by atoms with E-state index in [1.54, 1.807) is 25.3 Å². The summed E-state index contributed by atoms with van der Waals surface area (Å²) in [5.41, 5.74) is 6.49. The van der Waals surface area contributed by atoms with Crippen molar-refractivity contribution >= 4 is 27.7 Å². The maximum Gasteiger partial charge on any atom is 0.287 e. The summed E-state index contributed by atoms with van der Waals surface area (Å²) in [6, 6.07) is 10.3. The number of furan rings is 1. The van der Waals surface area contributed by atoms with E-state index in [9.17, 15) is 9.59 Å². The zero-order valence-corrected chi connectivity index (χ0v) is 14.6. The molecule has 3 rings (SSSR count). The molecule has 3 N–H and O–H groups in total. The fourth-order valence-corrected chi connectivity index (χ4v) is 2.37. The molecule has 2 heterocycles. The zero-order chi connectivity index (χ0) is 17.8. The molecule has 0 aliphatic heterocycles. The number of methoxy groups -OCH3 is 1. The minimum Gasteiger partial charge on any atom is -0.497 e. The van der Waals surface area contributed by atoms with Crippen molar-refractivity contribution in [2.75, 3.05) is 7.11 Å². The highest BCUT2D eigenvalue weighted by Crippen LogP contribution is 2.21. The lowest BCUT2D eigenvalue weighted by molar-refractivity contribution is 0.0843. The second-order valence-corrected chi connectivity index (χ2v) is 5.72. The number of benzene rings is 1. The number of amides is 2. The highest BCUT2D eigenvalue weighted by atomic mass is 79.9. The van der Waals surface area contributed by atoms with E-state index in [1.165, 1.54) is 12.3 Å². The summed E-state index contributed by atoms with van der Waals surface area (Å²) in [4.78, 5) is 23.9. The van der Waals surface area contributed by atoms with E-state index < -0.39 is 11.8 Å². The summed E-state index contributed by atoms with van der Waals surface area (Å²) in [6.07, 6.45) is 1.27. The Morgan fingerprint density at radius 3 is 2.52 bits per heavy atom. The maximum absolute atomic E-state index is 12.1. The number of carbonyl (C=O) groups is 2. The van der Waals surface area contributed by atoms with Crippen LogP contribution in [0.2, 0.25) is 0 Å². The van der Waals surface area contributed by atoms with Crippen molar-refractivity contribution in [2.45, 2.75) is 0 Å². The number of nitrogens with one attached hydrogen (secondary N) is 3. The number of H-pyrrole nitrogens is 1. The Kier molecular flexibility index (Phi) is 4.85. The number of aromatic amines is 1. The molecule has 0 fully saturated rings. The summed E-state index contributed by atoms with van der Waals surface area (Å²) in [6.45, 7) is 0. The van der Waals surface area contributed by atoms with Gasteiger partial charge < -0.3 is 9.15 Å². The quantitative estimate of drug-likeness (QED) is 0.578. The number of aromatic nitrogens is 2. The van der Waals surface area contributed by atoms with Crippen LogP contribution in [0, 0.1) is 0 Å². The number of nitrogens with zero attached hydrogens (tertiary/aromatic N) is 1. The van der Waals surface area contributed by atoms with Crippen LogP contribution < -0.4 is 15.6 Å². The molecular formula is C16H13BrN4O4. The molecule has 8 nitrogen and oxygen atoms in total. The number of hydrazine groups is 1. The van der Waals surface area contributed by atoms with E-state index in [0.29, 0.717) is 10.4 Å². The highest BCUT2D eigenvalue weighted by molar-refractivity contribution is 9.10. The van der Waals surface area contributed by atoms with E-state index in [2.05, 4.69) is 37.0 Å². The third kappa shape index (κ3) is 3.89. The zero-order valence-electron chi connectivity index (χ0n) is 13.0. The van der Waals surface area contributed by atoms with Gasteiger partial charge in [0, 0.05) is 11.6 Å². The van der Waals surface area contributed by atoms with Crippen molar-refractivity contribution in [3.8, 4) is 17.0 Å². The SMILES string of the molecule is COc1ccc(-c2cc(C(=O)NNC(=O)c3coc(Br)c3)[nH]n2)cc1. The Bertz CT molecular complexity index is 901. The minimum absolute atomic E-state index is 0.208. The van der Waals surface area contributed by atoms with Gasteiger partial charge in [-0.05, 0) is 46.3 Å². The first kappa shape index (κ1) is 16.8. The predicted octanol–water partition coefficient (Wildman–Crippen LogP) is 2.52. The average Bonchev–Trinajstić information content (AvgIpc) is 3.29. The largest absolute Gasteiger partial charge is 0.497 e. The van der Waals surface area contributed by atoms with Gasteiger partial charge in [0.1, 0.15) is 17.7 Å². The molecule has 0 saturated heterocycles. The van der Waals surface area contributed by atoms with Crippen LogP contribution in [-0.2, 0) is 0 Å². The first-order chi connectivity index (χ1) is 12.1. The van der Waals surface area contributed by atoms with Crippen molar-refractivity contribution in [3.05, 3.63) is 58.6 Å². The van der Waals surface area contributed by atoms with Crippen molar-refractivity contribution in [2.24, 2.45) is 0 Å². The highest BCUT2D eigenvalue weighted by Gasteiger charge is 2.14. The van der Waals surface area contributed by atoms with Gasteiger partial charge in [-0.15, -0.1) is 0 Å². The number of hydrogen-bond acceptors (Lipinski definition) is 5. The third-order valence-electron chi connectivity index (χ3n) is 3.33. The monoisotopic (exact) mass is 404 g/mol. The molecular weight excluding hydrogens is 392 g/mol. The Morgan fingerprint density at radius 1 is 1.16 bits per heavy atom. The average molecular weight is 405 g/mol. The van der Waals surface area contributed by atoms with Crippen molar-refractivity contribution in [3.63, 3.8) is 0 Å². The molecule has 0 radical (unpaired) electrons. The van der Waals surface area contributed by atoms with Gasteiger partial charge in [0.15, 0.2) is 4.67 Å². The van der Waals surface area contributed by atoms with Crippen LogP contribution in [0.4, 0.5) is 0 Å². The maximum atomic E-state index is 12.1. The number of halogens is 1. The second kappa shape index (κ2) is 7.22. The lowest BCUT2D eigenvalue weighted by atomic mass is 10.1. The second-order valence-electron chi connectivity index (χ2n) is 4.94. The molecule has 0 bridgehead atoms. The van der Waals surface area contributed by atoms with E-state index >= 15 is 0 Å². The third-order valence-corrected chi connectivity index (χ3v) is 3.74. The molecule has 3 aromatic rings. The molecule has 0 atom stereocenters. The normalized spacial score (nSPS) is 10.3. The molecule has 9 heteroatoms. The van der Waals surface area contributed by atoms with Gasteiger partial charge in [0.05, 0.1) is 18.4 Å². The Hall–Kier alpha value is -3.07. The first-order valence-corrected chi connectivity index (χ1v) is 7.90. The van der Waals surface area contributed by atoms with E-state index in [1.807, 2.05) is 12.1 Å². The standard InChI is InChI=1S/C16H13BrN4O4/c1-24-11-4-2-9(3-5-11)12-7-13(19-18-12)16(23)21-20-15(22)10-6-14(17)25-8-10/h2-8H,1H3,(H,18,19)(H,20,22)(H,21,23). The van der Waals surface area contributed by atoms with Crippen molar-refractivity contribution in [1.82, 2.24) is 21.0 Å². The van der Waals surface area contributed by atoms with E-state index in [0.717, 1.165) is 11.3 Å². The molecule has 2 aromatic heterocycles. The molecule has 0 spiro atoms. The van der Waals surface area contributed by atoms with Crippen LogP contribution >= 0.6 is 15.9 Å². The molecule has 25 heavy (non-hydrogen) atoms. The summed E-state index contributed by atoms with van der Waals surface area (Å²) in [5, 5.41) is 6.72. The lowest BCUT2D eigenvalue weighted by Crippen LogP contribution is -2.41. The van der Waals surface area contributed by atoms with Gasteiger partial charge in [-0.25, -0.2) is 0 Å². The molecule has 0 unspecified atom stereocenters. The van der Waals surface area contributed by atoms with E-state index in [4.69, 9.17) is 9.15 Å². The van der Waals surface area contributed by atoms with Crippen LogP contribution in [0.5, 0.6) is 5.75 Å². The fraction of sp³-hybridized carbons (Fsp3) is 0.0625. The van der Waals surface area contributed by atoms with Gasteiger partial charge in [0.25, 0.3) is 11.8 Å². The molecule has 128 valence electrons. The van der Waals surface area contributed by atoms with Crippen LogP contribution in [0.25, 0.3) is 11.3 Å². The summed E-state index contributed by atoms with van der Waals surface area (Å²) < 4.78 is 10.5. The van der Waals surface area contributed by atoms with Crippen LogP contribution in [0.3, 0.4) is 0 Å². The number of rotatable bonds is 4. The van der Waals surface area contributed by atoms with Crippen molar-refractivity contribution in [1.29, 1.82) is 0 Å². The van der Waals surface area contributed by atoms with Gasteiger partial charge in [-0.3, -0.25) is 25.5 Å². The van der Waals surface area contributed by atoms with Crippen LogP contribution in [-0.4, -0.2) is 29.1 Å². The molecule has 0 aliphatic carbocycles. The number of carbonyl (C=O) groups excluding carboxylic acids is 2. The fourth-order valence-electron chi connectivity index (χ4n) is 2.03. The summed E-state index contributed by atoms with van der Waals surface area (Å²) >= 11 is 3.10. The van der Waals surface area contributed by atoms with Gasteiger partial charge in [-0.2, -0.15) is 5.10 Å². The number of ether oxygens (including phenoxy) is 1. The smallest absolute Gasteiger partial charge is 0.287 e. The van der Waals surface area contributed by atoms with Gasteiger partial charge >= 0.3 is 0 Å². The Balaban J connectivity index is 1.63. The molecule has 2 amide bonds. The molecule has 0 aliphatic rings. The van der Waals surface area contributed by atoms with E-state index in [-0.39, 0.29) is 11.3 Å². The summed E-state index contributed by atoms with van der Waals surface area (Å²) in [5.74, 6) is -0.299. The Labute approximate surface area is 150 Å². The minimum atomic E-state index is -0.525. The lowest BCUT2D eigenvalue weighted by Gasteiger charge is -2.04. The topological polar surface area (TPSA) is 109 Å². The van der Waals surface area contributed by atoms with Gasteiger partial charge in [-0.1, -0.05) is 0 Å². The molecule has 0 saturated carbocycles. The summed E-state index contributed by atoms with van der Waals surface area (Å²) in [7, 11) is 1.59. The molecule has 1 aromatic carbocycles. The predicted molar refractivity (Wildman–Crippen MR) is 91.9 cm³/mol. The van der Waals surface area contributed by atoms with Crippen molar-refractivity contribution < 1.29 is 18.7 Å².